The second-order valence-electron chi connectivity index (χ2n) is 4.75. The molecule has 4 heteroatoms. The molecule has 0 unspecified atom stereocenters. The predicted molar refractivity (Wildman–Crippen MR) is 70.0 cm³/mol. The quantitative estimate of drug-likeness (QED) is 0.713. The van der Waals surface area contributed by atoms with Gasteiger partial charge in [-0.3, -0.25) is 9.69 Å². The van der Waals surface area contributed by atoms with Crippen molar-refractivity contribution in [2.24, 2.45) is 11.8 Å². The highest BCUT2D eigenvalue weighted by molar-refractivity contribution is 8.23. The Bertz CT molecular complexity index is 263. The molecule has 1 aliphatic rings. The standard InChI is InChI=1S/C11H19NOS2/c1-7(2)5-10(13)12-9(8(3)4)6-15-11(12)14/h7-9H,5-6H2,1-4H3/t9-/m1/s1. The Hall–Kier alpha value is -0.0900. The van der Waals surface area contributed by atoms with Crippen molar-refractivity contribution in [3.63, 3.8) is 0 Å². The molecule has 0 radical (unpaired) electrons. The van der Waals surface area contributed by atoms with Gasteiger partial charge in [0.25, 0.3) is 0 Å². The molecule has 0 bridgehead atoms. The topological polar surface area (TPSA) is 20.3 Å². The van der Waals surface area contributed by atoms with Crippen molar-refractivity contribution < 1.29 is 4.79 Å². The van der Waals surface area contributed by atoms with E-state index < -0.39 is 0 Å². The van der Waals surface area contributed by atoms with Crippen LogP contribution in [0.3, 0.4) is 0 Å². The summed E-state index contributed by atoms with van der Waals surface area (Å²) in [7, 11) is 0. The van der Waals surface area contributed by atoms with Crippen molar-refractivity contribution >= 4 is 34.2 Å². The van der Waals surface area contributed by atoms with Crippen LogP contribution in [0.25, 0.3) is 0 Å². The molecule has 0 aromatic carbocycles. The molecule has 1 rings (SSSR count). The average Bonchev–Trinajstić information content (AvgIpc) is 2.45. The van der Waals surface area contributed by atoms with E-state index in [-0.39, 0.29) is 5.91 Å². The molecule has 1 atom stereocenters. The number of amides is 1. The van der Waals surface area contributed by atoms with E-state index in [0.717, 1.165) is 10.1 Å². The fraction of sp³-hybridized carbons (Fsp3) is 0.818. The van der Waals surface area contributed by atoms with Crippen LogP contribution in [0.5, 0.6) is 0 Å². The zero-order chi connectivity index (χ0) is 11.6. The van der Waals surface area contributed by atoms with E-state index in [1.165, 1.54) is 0 Å². The van der Waals surface area contributed by atoms with E-state index in [2.05, 4.69) is 27.7 Å². The van der Waals surface area contributed by atoms with Crippen molar-refractivity contribution in [2.75, 3.05) is 5.75 Å². The highest BCUT2D eigenvalue weighted by Gasteiger charge is 2.35. The first kappa shape index (κ1) is 13.0. The zero-order valence-electron chi connectivity index (χ0n) is 9.82. The molecule has 0 saturated carbocycles. The Kier molecular flexibility index (Phi) is 4.59. The van der Waals surface area contributed by atoms with E-state index in [0.29, 0.717) is 24.3 Å². The van der Waals surface area contributed by atoms with Crippen LogP contribution in [0.4, 0.5) is 0 Å². The van der Waals surface area contributed by atoms with Gasteiger partial charge in [-0.05, 0) is 11.8 Å². The molecular formula is C11H19NOS2. The summed E-state index contributed by atoms with van der Waals surface area (Å²) in [6, 6.07) is 0.300. The molecule has 1 aliphatic heterocycles. The Labute approximate surface area is 102 Å². The summed E-state index contributed by atoms with van der Waals surface area (Å²) in [5, 5.41) is 0. The Balaban J connectivity index is 2.71. The smallest absolute Gasteiger partial charge is 0.228 e. The zero-order valence-corrected chi connectivity index (χ0v) is 11.5. The highest BCUT2D eigenvalue weighted by Crippen LogP contribution is 2.29. The van der Waals surface area contributed by atoms with Gasteiger partial charge >= 0.3 is 0 Å². The molecule has 1 heterocycles. The molecule has 0 aromatic heterocycles. The second kappa shape index (κ2) is 5.30. The Morgan fingerprint density at radius 3 is 2.60 bits per heavy atom. The van der Waals surface area contributed by atoms with E-state index in [9.17, 15) is 4.79 Å². The third kappa shape index (κ3) is 3.18. The van der Waals surface area contributed by atoms with Gasteiger partial charge in [0.15, 0.2) is 0 Å². The third-order valence-corrected chi connectivity index (χ3v) is 4.03. The predicted octanol–water partition coefficient (Wildman–Crippen LogP) is 2.92. The minimum atomic E-state index is 0.193. The lowest BCUT2D eigenvalue weighted by Gasteiger charge is -2.27. The fourth-order valence-electron chi connectivity index (χ4n) is 1.66. The van der Waals surface area contributed by atoms with Crippen molar-refractivity contribution in [1.29, 1.82) is 0 Å². The van der Waals surface area contributed by atoms with Crippen molar-refractivity contribution in [1.82, 2.24) is 4.90 Å². The van der Waals surface area contributed by atoms with Gasteiger partial charge in [-0.1, -0.05) is 51.7 Å². The normalized spacial score (nSPS) is 21.9. The van der Waals surface area contributed by atoms with Crippen LogP contribution in [0.1, 0.15) is 34.1 Å². The van der Waals surface area contributed by atoms with Gasteiger partial charge in [0.1, 0.15) is 4.32 Å². The number of carbonyl (C=O) groups is 1. The van der Waals surface area contributed by atoms with E-state index in [4.69, 9.17) is 12.2 Å². The number of hydrogen-bond donors (Lipinski definition) is 0. The second-order valence-corrected chi connectivity index (χ2v) is 6.40. The number of rotatable bonds is 3. The van der Waals surface area contributed by atoms with Gasteiger partial charge < -0.3 is 0 Å². The summed E-state index contributed by atoms with van der Waals surface area (Å²) in [5.74, 6) is 2.03. The maximum absolute atomic E-state index is 12.0. The third-order valence-electron chi connectivity index (χ3n) is 2.53. The molecule has 15 heavy (non-hydrogen) atoms. The monoisotopic (exact) mass is 245 g/mol. The maximum Gasteiger partial charge on any atom is 0.228 e. The largest absolute Gasteiger partial charge is 0.294 e. The molecule has 2 nitrogen and oxygen atoms in total. The fourth-order valence-corrected chi connectivity index (χ4v) is 3.33. The van der Waals surface area contributed by atoms with Crippen LogP contribution in [-0.2, 0) is 4.79 Å². The summed E-state index contributed by atoms with van der Waals surface area (Å²) in [5.41, 5.74) is 0. The van der Waals surface area contributed by atoms with Crippen molar-refractivity contribution in [3.05, 3.63) is 0 Å². The summed E-state index contributed by atoms with van der Waals surface area (Å²) >= 11 is 6.87. The number of hydrogen-bond acceptors (Lipinski definition) is 3. The van der Waals surface area contributed by atoms with E-state index >= 15 is 0 Å². The first-order chi connectivity index (χ1) is 6.93. The summed E-state index contributed by atoms with van der Waals surface area (Å²) in [6.45, 7) is 8.42. The lowest BCUT2D eigenvalue weighted by Crippen LogP contribution is -2.41. The average molecular weight is 245 g/mol. The molecule has 0 spiro atoms. The molecular weight excluding hydrogens is 226 g/mol. The number of nitrogens with zero attached hydrogens (tertiary/aromatic N) is 1. The maximum atomic E-state index is 12.0. The lowest BCUT2D eigenvalue weighted by molar-refractivity contribution is -0.129. The minimum absolute atomic E-state index is 0.193. The van der Waals surface area contributed by atoms with Gasteiger partial charge in [-0.25, -0.2) is 0 Å². The molecule has 1 fully saturated rings. The first-order valence-corrected chi connectivity index (χ1v) is 6.81. The molecule has 86 valence electrons. The molecule has 1 saturated heterocycles. The molecule has 0 aromatic rings. The highest BCUT2D eigenvalue weighted by atomic mass is 32.2. The molecule has 1 amide bonds. The molecule has 0 N–H and O–H groups in total. The van der Waals surface area contributed by atoms with Crippen LogP contribution in [0, 0.1) is 11.8 Å². The Morgan fingerprint density at radius 2 is 2.13 bits per heavy atom. The summed E-state index contributed by atoms with van der Waals surface area (Å²) < 4.78 is 0.763. The van der Waals surface area contributed by atoms with E-state index in [1.54, 1.807) is 11.8 Å². The Morgan fingerprint density at radius 1 is 1.53 bits per heavy atom. The van der Waals surface area contributed by atoms with Gasteiger partial charge in [0.2, 0.25) is 5.91 Å². The van der Waals surface area contributed by atoms with Crippen LogP contribution in [0.15, 0.2) is 0 Å². The van der Waals surface area contributed by atoms with Crippen molar-refractivity contribution in [3.8, 4) is 0 Å². The number of thioether (sulfide) groups is 1. The molecule has 0 aliphatic carbocycles. The van der Waals surface area contributed by atoms with Crippen LogP contribution in [0.2, 0.25) is 0 Å². The number of thiocarbonyl (C=S) groups is 1. The van der Waals surface area contributed by atoms with Gasteiger partial charge in [0.05, 0.1) is 0 Å². The summed E-state index contributed by atoms with van der Waals surface area (Å²) in [4.78, 5) is 13.8. The minimum Gasteiger partial charge on any atom is -0.294 e. The SMILES string of the molecule is CC(C)CC(=O)N1C(=S)SC[C@@H]1C(C)C. The van der Waals surface area contributed by atoms with Crippen LogP contribution in [-0.4, -0.2) is 26.9 Å². The summed E-state index contributed by atoms with van der Waals surface area (Å²) in [6.07, 6.45) is 0.601. The van der Waals surface area contributed by atoms with Gasteiger partial charge in [-0.15, -0.1) is 0 Å². The van der Waals surface area contributed by atoms with Crippen LogP contribution >= 0.6 is 24.0 Å². The van der Waals surface area contributed by atoms with Crippen molar-refractivity contribution in [2.45, 2.75) is 40.2 Å². The van der Waals surface area contributed by atoms with Gasteiger partial charge in [0, 0.05) is 18.2 Å². The van der Waals surface area contributed by atoms with E-state index in [1.807, 2.05) is 4.90 Å². The first-order valence-electron chi connectivity index (χ1n) is 5.42. The van der Waals surface area contributed by atoms with Crippen LogP contribution < -0.4 is 0 Å². The lowest BCUT2D eigenvalue weighted by atomic mass is 10.0. The van der Waals surface area contributed by atoms with Gasteiger partial charge in [-0.2, -0.15) is 0 Å². The number of carbonyl (C=O) groups excluding carboxylic acids is 1.